The molecule has 0 saturated heterocycles. The number of benzene rings is 1. The molecule has 1 atom stereocenters. The Morgan fingerprint density at radius 1 is 1.29 bits per heavy atom. The maximum atomic E-state index is 4.78. The Bertz CT molecular complexity index is 638. The fourth-order valence-electron chi connectivity index (χ4n) is 2.98. The summed E-state index contributed by atoms with van der Waals surface area (Å²) in [6.07, 6.45) is 3.03. The summed E-state index contributed by atoms with van der Waals surface area (Å²) in [5.41, 5.74) is 2.67. The molecule has 2 aromatic rings. The largest absolute Gasteiger partial charge is 0.373 e. The molecule has 4 nitrogen and oxygen atoms in total. The molecule has 0 aliphatic carbocycles. The Kier molecular flexibility index (Phi) is 3.78. The quantitative estimate of drug-likeness (QED) is 0.931. The number of aromatic nitrogens is 2. The van der Waals surface area contributed by atoms with Crippen LogP contribution in [-0.4, -0.2) is 23.1 Å². The average molecular weight is 282 g/mol. The molecule has 1 unspecified atom stereocenters. The van der Waals surface area contributed by atoms with E-state index < -0.39 is 0 Å². The van der Waals surface area contributed by atoms with Crippen LogP contribution >= 0.6 is 0 Å². The van der Waals surface area contributed by atoms with Crippen LogP contribution in [0.15, 0.2) is 30.3 Å². The topological polar surface area (TPSA) is 41.1 Å². The van der Waals surface area contributed by atoms with Gasteiger partial charge in [0.1, 0.15) is 17.5 Å². The zero-order valence-corrected chi connectivity index (χ0v) is 12.9. The van der Waals surface area contributed by atoms with Crippen LogP contribution in [0.2, 0.25) is 0 Å². The zero-order valence-electron chi connectivity index (χ0n) is 12.9. The normalized spacial score (nSPS) is 16.9. The van der Waals surface area contributed by atoms with Crippen molar-refractivity contribution in [2.45, 2.75) is 39.2 Å². The van der Waals surface area contributed by atoms with Gasteiger partial charge in [-0.05, 0) is 31.4 Å². The van der Waals surface area contributed by atoms with E-state index in [1.54, 1.807) is 0 Å². The van der Waals surface area contributed by atoms with Gasteiger partial charge in [0.2, 0.25) is 0 Å². The van der Waals surface area contributed by atoms with Gasteiger partial charge in [-0.25, -0.2) is 9.97 Å². The molecular formula is C17H22N4. The summed E-state index contributed by atoms with van der Waals surface area (Å²) in [4.78, 5) is 11.7. The summed E-state index contributed by atoms with van der Waals surface area (Å²) >= 11 is 0. The van der Waals surface area contributed by atoms with Gasteiger partial charge in [-0.3, -0.25) is 0 Å². The monoisotopic (exact) mass is 282 g/mol. The van der Waals surface area contributed by atoms with E-state index >= 15 is 0 Å². The van der Waals surface area contributed by atoms with Gasteiger partial charge < -0.3 is 10.2 Å². The summed E-state index contributed by atoms with van der Waals surface area (Å²) < 4.78 is 0. The number of nitrogens with one attached hydrogen (secondary N) is 1. The van der Waals surface area contributed by atoms with E-state index in [0.717, 1.165) is 36.7 Å². The van der Waals surface area contributed by atoms with Gasteiger partial charge in [-0.15, -0.1) is 0 Å². The molecule has 0 bridgehead atoms. The highest BCUT2D eigenvalue weighted by Gasteiger charge is 2.28. The van der Waals surface area contributed by atoms with Crippen molar-refractivity contribution in [3.8, 4) is 0 Å². The van der Waals surface area contributed by atoms with Crippen LogP contribution in [0.1, 0.15) is 31.7 Å². The van der Waals surface area contributed by atoms with Crippen molar-refractivity contribution in [2.24, 2.45) is 0 Å². The molecule has 1 aliphatic rings. The van der Waals surface area contributed by atoms with Crippen molar-refractivity contribution in [1.29, 1.82) is 0 Å². The summed E-state index contributed by atoms with van der Waals surface area (Å²) in [7, 11) is 1.91. The first-order valence-corrected chi connectivity index (χ1v) is 7.65. The van der Waals surface area contributed by atoms with E-state index in [4.69, 9.17) is 4.98 Å². The zero-order chi connectivity index (χ0) is 14.8. The summed E-state index contributed by atoms with van der Waals surface area (Å²) in [6.45, 7) is 4.41. The third-order valence-corrected chi connectivity index (χ3v) is 3.94. The predicted molar refractivity (Wildman–Crippen MR) is 87.3 cm³/mol. The number of para-hydroxylation sites is 1. The number of aryl methyl sites for hydroxylation is 1. The Labute approximate surface area is 126 Å². The van der Waals surface area contributed by atoms with Gasteiger partial charge in [0, 0.05) is 31.3 Å². The fraction of sp³-hybridized carbons (Fsp3) is 0.412. The van der Waals surface area contributed by atoms with Crippen LogP contribution in [0.25, 0.3) is 0 Å². The van der Waals surface area contributed by atoms with E-state index in [0.29, 0.717) is 6.04 Å². The molecule has 110 valence electrons. The number of nitrogens with zero attached hydrogens (tertiary/aromatic N) is 3. The second kappa shape index (κ2) is 5.72. The van der Waals surface area contributed by atoms with Gasteiger partial charge in [-0.2, -0.15) is 0 Å². The van der Waals surface area contributed by atoms with Gasteiger partial charge in [0.05, 0.1) is 0 Å². The predicted octanol–water partition coefficient (Wildman–Crippen LogP) is 3.55. The van der Waals surface area contributed by atoms with E-state index in [9.17, 15) is 0 Å². The molecule has 0 saturated carbocycles. The van der Waals surface area contributed by atoms with Crippen LogP contribution in [0, 0.1) is 0 Å². The van der Waals surface area contributed by atoms with E-state index in [1.165, 1.54) is 11.3 Å². The van der Waals surface area contributed by atoms with Gasteiger partial charge >= 0.3 is 0 Å². The molecule has 21 heavy (non-hydrogen) atoms. The fourth-order valence-corrected chi connectivity index (χ4v) is 2.98. The standard InChI is InChI=1S/C17H22N4/c1-4-7-15-19-16(18-3)11-17(20-15)21-12(2)10-13-8-5-6-9-14(13)21/h5-6,8-9,11-12H,4,7,10H2,1-3H3,(H,18,19,20). The summed E-state index contributed by atoms with van der Waals surface area (Å²) in [5, 5.41) is 3.15. The molecule has 0 spiro atoms. The SMILES string of the molecule is CCCc1nc(NC)cc(N2c3ccccc3CC2C)n1. The van der Waals surface area contributed by atoms with Gasteiger partial charge in [0.15, 0.2) is 0 Å². The summed E-state index contributed by atoms with van der Waals surface area (Å²) in [6, 6.07) is 11.1. The number of fused-ring (bicyclic) bond motifs is 1. The molecule has 0 fully saturated rings. The van der Waals surface area contributed by atoms with Gasteiger partial charge in [0.25, 0.3) is 0 Å². The van der Waals surface area contributed by atoms with Crippen molar-refractivity contribution < 1.29 is 0 Å². The lowest BCUT2D eigenvalue weighted by molar-refractivity contribution is 0.740. The second-order valence-corrected chi connectivity index (χ2v) is 5.58. The smallest absolute Gasteiger partial charge is 0.139 e. The molecule has 0 amide bonds. The lowest BCUT2D eigenvalue weighted by atomic mass is 10.1. The van der Waals surface area contributed by atoms with Crippen molar-refractivity contribution in [3.05, 3.63) is 41.7 Å². The van der Waals surface area contributed by atoms with E-state index in [1.807, 2.05) is 13.1 Å². The molecule has 3 rings (SSSR count). The molecule has 1 aliphatic heterocycles. The summed E-state index contributed by atoms with van der Waals surface area (Å²) in [5.74, 6) is 2.80. The minimum atomic E-state index is 0.427. The molecule has 4 heteroatoms. The molecule has 1 N–H and O–H groups in total. The first-order chi connectivity index (χ1) is 10.2. The minimum absolute atomic E-state index is 0.427. The molecule has 2 heterocycles. The van der Waals surface area contributed by atoms with Crippen LogP contribution in [-0.2, 0) is 12.8 Å². The second-order valence-electron chi connectivity index (χ2n) is 5.58. The van der Waals surface area contributed by atoms with Crippen LogP contribution < -0.4 is 10.2 Å². The van der Waals surface area contributed by atoms with E-state index in [2.05, 4.69) is 53.3 Å². The maximum Gasteiger partial charge on any atom is 0.139 e. The molecule has 0 radical (unpaired) electrons. The first kappa shape index (κ1) is 13.9. The molecule has 1 aromatic carbocycles. The molecule has 1 aromatic heterocycles. The van der Waals surface area contributed by atoms with Gasteiger partial charge in [-0.1, -0.05) is 25.1 Å². The van der Waals surface area contributed by atoms with Crippen molar-refractivity contribution >= 4 is 17.3 Å². The number of rotatable bonds is 4. The average Bonchev–Trinajstić information content (AvgIpc) is 2.83. The number of anilines is 3. The highest BCUT2D eigenvalue weighted by Crippen LogP contribution is 2.37. The van der Waals surface area contributed by atoms with Crippen molar-refractivity contribution in [2.75, 3.05) is 17.3 Å². The maximum absolute atomic E-state index is 4.78. The Balaban J connectivity index is 2.05. The minimum Gasteiger partial charge on any atom is -0.373 e. The molecular weight excluding hydrogens is 260 g/mol. The Hall–Kier alpha value is -2.10. The lowest BCUT2D eigenvalue weighted by Crippen LogP contribution is -2.25. The highest BCUT2D eigenvalue weighted by molar-refractivity contribution is 5.70. The number of hydrogen-bond donors (Lipinski definition) is 1. The van der Waals surface area contributed by atoms with Crippen molar-refractivity contribution in [1.82, 2.24) is 9.97 Å². The van der Waals surface area contributed by atoms with E-state index in [-0.39, 0.29) is 0 Å². The van der Waals surface area contributed by atoms with Crippen LogP contribution in [0.3, 0.4) is 0 Å². The van der Waals surface area contributed by atoms with Crippen molar-refractivity contribution in [3.63, 3.8) is 0 Å². The highest BCUT2D eigenvalue weighted by atomic mass is 15.2. The van der Waals surface area contributed by atoms with Crippen LogP contribution in [0.4, 0.5) is 17.3 Å². The third kappa shape index (κ3) is 2.58. The lowest BCUT2D eigenvalue weighted by Gasteiger charge is -2.24. The third-order valence-electron chi connectivity index (χ3n) is 3.94. The Morgan fingerprint density at radius 2 is 2.10 bits per heavy atom. The first-order valence-electron chi connectivity index (χ1n) is 7.65. The van der Waals surface area contributed by atoms with Crippen LogP contribution in [0.5, 0.6) is 0 Å². The Morgan fingerprint density at radius 3 is 2.86 bits per heavy atom. The number of hydrogen-bond acceptors (Lipinski definition) is 4.